The van der Waals surface area contributed by atoms with Crippen LogP contribution in [0.2, 0.25) is 0 Å². The summed E-state index contributed by atoms with van der Waals surface area (Å²) >= 11 is 1.08. The fourth-order valence-electron chi connectivity index (χ4n) is 2.65. The lowest BCUT2D eigenvalue weighted by atomic mass is 10.1. The minimum absolute atomic E-state index is 0.332. The number of nitrogens with one attached hydrogen (secondary N) is 2. The van der Waals surface area contributed by atoms with E-state index in [4.69, 9.17) is 0 Å². The quantitative estimate of drug-likeness (QED) is 0.636. The highest BCUT2D eigenvalue weighted by atomic mass is 32.2. The third-order valence-electron chi connectivity index (χ3n) is 3.90. The van der Waals surface area contributed by atoms with Gasteiger partial charge in [0.25, 0.3) is 5.91 Å². The van der Waals surface area contributed by atoms with Crippen molar-refractivity contribution in [1.29, 1.82) is 0 Å². The molecule has 3 aromatic rings. The number of para-hydroxylation sites is 1. The number of nitrogens with zero attached hydrogens (tertiary/aromatic N) is 1. The summed E-state index contributed by atoms with van der Waals surface area (Å²) < 4.78 is 39.4. The van der Waals surface area contributed by atoms with E-state index in [1.54, 1.807) is 49.4 Å². The fourth-order valence-corrected chi connectivity index (χ4v) is 4.08. The van der Waals surface area contributed by atoms with Crippen LogP contribution in [0.5, 0.6) is 0 Å². The maximum Gasteiger partial charge on any atom is 0.263 e. The van der Waals surface area contributed by atoms with Crippen molar-refractivity contribution in [1.82, 2.24) is 10.3 Å². The zero-order chi connectivity index (χ0) is 20.3. The van der Waals surface area contributed by atoms with Crippen molar-refractivity contribution in [2.45, 2.75) is 13.0 Å². The normalized spacial score (nSPS) is 12.4. The van der Waals surface area contributed by atoms with Gasteiger partial charge in [-0.15, -0.1) is 11.3 Å². The van der Waals surface area contributed by atoms with Crippen molar-refractivity contribution in [2.75, 3.05) is 11.0 Å². The first-order chi connectivity index (χ1) is 13.2. The Balaban J connectivity index is 1.78. The lowest BCUT2D eigenvalue weighted by molar-refractivity contribution is 0.0944. The predicted molar refractivity (Wildman–Crippen MR) is 108 cm³/mol. The summed E-state index contributed by atoms with van der Waals surface area (Å²) in [6, 6.07) is 12.6. The standard InChI is InChI=1S/C19H18FN3O3S2/c1-12(13-7-4-6-10-16(13)23-28(2,25)26)22-18(24)17-11-21-19(27-17)14-8-3-5-9-15(14)20/h3-12,23H,1-2H3,(H,22,24). The van der Waals surface area contributed by atoms with Crippen LogP contribution in [-0.4, -0.2) is 25.6 Å². The third kappa shape index (κ3) is 4.73. The number of halogens is 1. The van der Waals surface area contributed by atoms with Crippen molar-refractivity contribution in [3.63, 3.8) is 0 Å². The van der Waals surface area contributed by atoms with Crippen LogP contribution < -0.4 is 10.0 Å². The molecule has 146 valence electrons. The molecule has 0 saturated carbocycles. The highest BCUT2D eigenvalue weighted by molar-refractivity contribution is 7.92. The van der Waals surface area contributed by atoms with Gasteiger partial charge in [0, 0.05) is 5.56 Å². The van der Waals surface area contributed by atoms with E-state index < -0.39 is 21.9 Å². The van der Waals surface area contributed by atoms with Gasteiger partial charge in [0.05, 0.1) is 24.2 Å². The van der Waals surface area contributed by atoms with E-state index in [9.17, 15) is 17.6 Å². The molecule has 28 heavy (non-hydrogen) atoms. The number of anilines is 1. The number of rotatable bonds is 6. The van der Waals surface area contributed by atoms with Gasteiger partial charge in [-0.2, -0.15) is 0 Å². The van der Waals surface area contributed by atoms with Crippen LogP contribution in [0, 0.1) is 5.82 Å². The number of thiazole rings is 1. The van der Waals surface area contributed by atoms with Crippen LogP contribution in [0.1, 0.15) is 28.2 Å². The summed E-state index contributed by atoms with van der Waals surface area (Å²) in [4.78, 5) is 17.1. The Morgan fingerprint density at radius 1 is 1.14 bits per heavy atom. The molecular weight excluding hydrogens is 401 g/mol. The lowest BCUT2D eigenvalue weighted by Crippen LogP contribution is -2.27. The third-order valence-corrected chi connectivity index (χ3v) is 5.52. The SMILES string of the molecule is CC(NC(=O)c1cnc(-c2ccccc2F)s1)c1ccccc1NS(C)(=O)=O. The van der Waals surface area contributed by atoms with Crippen LogP contribution >= 0.6 is 11.3 Å². The summed E-state index contributed by atoms with van der Waals surface area (Å²) in [6.07, 6.45) is 2.46. The van der Waals surface area contributed by atoms with Gasteiger partial charge >= 0.3 is 0 Å². The lowest BCUT2D eigenvalue weighted by Gasteiger charge is -2.18. The van der Waals surface area contributed by atoms with E-state index in [-0.39, 0.29) is 5.91 Å². The van der Waals surface area contributed by atoms with Crippen molar-refractivity contribution < 1.29 is 17.6 Å². The first kappa shape index (κ1) is 20.0. The molecule has 1 amide bonds. The molecule has 0 radical (unpaired) electrons. The predicted octanol–water partition coefficient (Wildman–Crippen LogP) is 3.81. The molecule has 0 fully saturated rings. The largest absolute Gasteiger partial charge is 0.345 e. The second-order valence-corrected chi connectivity index (χ2v) is 8.95. The summed E-state index contributed by atoms with van der Waals surface area (Å²) in [7, 11) is -3.45. The molecule has 6 nitrogen and oxygen atoms in total. The van der Waals surface area contributed by atoms with Crippen molar-refractivity contribution in [3.8, 4) is 10.6 Å². The number of amides is 1. The second kappa shape index (κ2) is 8.07. The maximum absolute atomic E-state index is 13.9. The monoisotopic (exact) mass is 419 g/mol. The van der Waals surface area contributed by atoms with Crippen molar-refractivity contribution >= 4 is 33.0 Å². The molecule has 1 atom stereocenters. The molecule has 2 aromatic carbocycles. The highest BCUT2D eigenvalue weighted by Crippen LogP contribution is 2.28. The van der Waals surface area contributed by atoms with Gasteiger partial charge < -0.3 is 5.32 Å². The Bertz CT molecular complexity index is 1110. The van der Waals surface area contributed by atoms with E-state index in [0.717, 1.165) is 17.6 Å². The fraction of sp³-hybridized carbons (Fsp3) is 0.158. The molecule has 0 bridgehead atoms. The van der Waals surface area contributed by atoms with Crippen LogP contribution in [0.4, 0.5) is 10.1 Å². The average Bonchev–Trinajstić information content (AvgIpc) is 3.11. The number of hydrogen-bond acceptors (Lipinski definition) is 5. The number of carbonyl (C=O) groups is 1. The Morgan fingerprint density at radius 2 is 1.82 bits per heavy atom. The van der Waals surface area contributed by atoms with Gasteiger partial charge in [0.2, 0.25) is 10.0 Å². The molecule has 0 spiro atoms. The molecule has 9 heteroatoms. The van der Waals surface area contributed by atoms with Crippen molar-refractivity contribution in [3.05, 3.63) is 71.0 Å². The number of benzene rings is 2. The van der Waals surface area contributed by atoms with E-state index in [1.165, 1.54) is 12.3 Å². The zero-order valence-electron chi connectivity index (χ0n) is 15.1. The first-order valence-electron chi connectivity index (χ1n) is 8.33. The van der Waals surface area contributed by atoms with Crippen LogP contribution in [-0.2, 0) is 10.0 Å². The van der Waals surface area contributed by atoms with E-state index in [0.29, 0.717) is 26.7 Å². The number of hydrogen-bond donors (Lipinski definition) is 2. The van der Waals surface area contributed by atoms with Crippen LogP contribution in [0.3, 0.4) is 0 Å². The summed E-state index contributed by atoms with van der Waals surface area (Å²) in [6.45, 7) is 1.75. The van der Waals surface area contributed by atoms with Crippen LogP contribution in [0.25, 0.3) is 10.6 Å². The summed E-state index contributed by atoms with van der Waals surface area (Å²) in [5.74, 6) is -0.778. The van der Waals surface area contributed by atoms with E-state index in [2.05, 4.69) is 15.0 Å². The van der Waals surface area contributed by atoms with Crippen LogP contribution in [0.15, 0.2) is 54.7 Å². The van der Waals surface area contributed by atoms with Gasteiger partial charge in [-0.1, -0.05) is 30.3 Å². The number of carbonyl (C=O) groups excluding carboxylic acids is 1. The summed E-state index contributed by atoms with van der Waals surface area (Å²) in [5.41, 5.74) is 1.36. The molecule has 1 unspecified atom stereocenters. The Labute approximate surface area is 166 Å². The molecule has 0 aliphatic carbocycles. The molecule has 1 heterocycles. The van der Waals surface area contributed by atoms with Gasteiger partial charge in [-0.25, -0.2) is 17.8 Å². The van der Waals surface area contributed by atoms with E-state index >= 15 is 0 Å². The highest BCUT2D eigenvalue weighted by Gasteiger charge is 2.18. The topological polar surface area (TPSA) is 88.2 Å². The molecule has 2 N–H and O–H groups in total. The van der Waals surface area contributed by atoms with E-state index in [1.807, 2.05) is 0 Å². The van der Waals surface area contributed by atoms with Crippen molar-refractivity contribution in [2.24, 2.45) is 0 Å². The number of aromatic nitrogens is 1. The number of sulfonamides is 1. The van der Waals surface area contributed by atoms with Gasteiger partial charge in [0.1, 0.15) is 15.7 Å². The Hall–Kier alpha value is -2.78. The first-order valence-corrected chi connectivity index (χ1v) is 11.0. The van der Waals surface area contributed by atoms with Gasteiger partial charge in [-0.05, 0) is 30.7 Å². The maximum atomic E-state index is 13.9. The van der Waals surface area contributed by atoms with Gasteiger partial charge in [0.15, 0.2) is 0 Å². The summed E-state index contributed by atoms with van der Waals surface area (Å²) in [5, 5.41) is 3.23. The molecular formula is C19H18FN3O3S2. The molecule has 0 saturated heterocycles. The van der Waals surface area contributed by atoms with Gasteiger partial charge in [-0.3, -0.25) is 9.52 Å². The Morgan fingerprint density at radius 3 is 2.54 bits per heavy atom. The zero-order valence-corrected chi connectivity index (χ0v) is 16.8. The second-order valence-electron chi connectivity index (χ2n) is 6.17. The minimum atomic E-state index is -3.45. The average molecular weight is 420 g/mol. The molecule has 3 rings (SSSR count). The molecule has 0 aliphatic heterocycles. The molecule has 1 aromatic heterocycles. The smallest absolute Gasteiger partial charge is 0.263 e. The minimum Gasteiger partial charge on any atom is -0.345 e. The molecule has 0 aliphatic rings. The Kier molecular flexibility index (Phi) is 5.76.